The molecule has 0 spiro atoms. The van der Waals surface area contributed by atoms with E-state index in [0.717, 1.165) is 30.2 Å². The number of nitrogens with zero attached hydrogens (tertiary/aromatic N) is 4. The summed E-state index contributed by atoms with van der Waals surface area (Å²) in [5.41, 5.74) is 1.06. The van der Waals surface area contributed by atoms with Crippen LogP contribution in [0, 0.1) is 0 Å². The molecule has 9 nitrogen and oxygen atoms in total. The first-order chi connectivity index (χ1) is 14.9. The lowest BCUT2D eigenvalue weighted by atomic mass is 10.1. The van der Waals surface area contributed by atoms with E-state index >= 15 is 0 Å². The topological polar surface area (TPSA) is 116 Å². The lowest BCUT2D eigenvalue weighted by molar-refractivity contribution is -0.274. The maximum atomic E-state index is 12.7. The minimum atomic E-state index is -4.80. The van der Waals surface area contributed by atoms with Crippen LogP contribution in [-0.2, 0) is 10.0 Å². The number of ketones is 1. The van der Waals surface area contributed by atoms with Crippen LogP contribution in [0.2, 0.25) is 0 Å². The number of sulfonamides is 1. The molecule has 1 unspecified atom stereocenters. The summed E-state index contributed by atoms with van der Waals surface area (Å²) < 4.78 is 66.9. The second kappa shape index (κ2) is 9.16. The summed E-state index contributed by atoms with van der Waals surface area (Å²) in [5, 5.41) is 10.9. The molecule has 1 atom stereocenters. The molecule has 1 aromatic heterocycles. The number of hydrogen-bond acceptors (Lipinski definition) is 8. The summed E-state index contributed by atoms with van der Waals surface area (Å²) in [6, 6.07) is 10.9. The Bertz CT molecular complexity index is 1200. The molecule has 2 aromatic carbocycles. The molecule has 32 heavy (non-hydrogen) atoms. The minimum Gasteiger partial charge on any atom is -0.406 e. The molecular formula is C18H16F3N5O4S2. The molecule has 0 aliphatic heterocycles. The van der Waals surface area contributed by atoms with Gasteiger partial charge < -0.3 is 4.74 Å². The lowest BCUT2D eigenvalue weighted by Crippen LogP contribution is -2.17. The summed E-state index contributed by atoms with van der Waals surface area (Å²) in [7, 11) is -3.43. The van der Waals surface area contributed by atoms with E-state index in [2.05, 4.69) is 25.0 Å². The van der Waals surface area contributed by atoms with Gasteiger partial charge in [-0.25, -0.2) is 8.42 Å². The fourth-order valence-electron chi connectivity index (χ4n) is 2.57. The maximum absolute atomic E-state index is 12.7. The van der Waals surface area contributed by atoms with Gasteiger partial charge in [0.05, 0.1) is 17.2 Å². The van der Waals surface area contributed by atoms with E-state index in [1.807, 2.05) is 0 Å². The zero-order valence-electron chi connectivity index (χ0n) is 16.6. The smallest absolute Gasteiger partial charge is 0.406 e. The van der Waals surface area contributed by atoms with Gasteiger partial charge in [-0.15, -0.1) is 18.3 Å². The number of ether oxygens (including phenoxy) is 1. The van der Waals surface area contributed by atoms with Gasteiger partial charge in [0.1, 0.15) is 5.75 Å². The van der Waals surface area contributed by atoms with Gasteiger partial charge in [0.25, 0.3) is 0 Å². The number of Topliss-reactive ketones (excluding diaryl/α,β-unsaturated/α-hetero) is 1. The van der Waals surface area contributed by atoms with Crippen molar-refractivity contribution in [2.45, 2.75) is 23.7 Å². The van der Waals surface area contributed by atoms with Gasteiger partial charge in [-0.2, -0.15) is 4.68 Å². The number of anilines is 1. The Balaban J connectivity index is 1.71. The Kier molecular flexibility index (Phi) is 6.74. The summed E-state index contributed by atoms with van der Waals surface area (Å²) in [6.45, 7) is 1.65. The molecule has 14 heteroatoms. The number of aromatic nitrogens is 4. The van der Waals surface area contributed by atoms with Crippen LogP contribution < -0.4 is 9.46 Å². The first-order valence-electron chi connectivity index (χ1n) is 8.84. The zero-order valence-corrected chi connectivity index (χ0v) is 18.2. The average molecular weight is 487 g/mol. The van der Waals surface area contributed by atoms with Crippen molar-refractivity contribution in [1.29, 1.82) is 0 Å². The molecule has 0 fully saturated rings. The highest BCUT2D eigenvalue weighted by Crippen LogP contribution is 2.28. The average Bonchev–Trinajstić information content (AvgIpc) is 3.14. The fourth-order valence-corrected chi connectivity index (χ4v) is 4.02. The third-order valence-corrected chi connectivity index (χ3v) is 5.52. The van der Waals surface area contributed by atoms with Crippen LogP contribution in [0.3, 0.4) is 0 Å². The van der Waals surface area contributed by atoms with Gasteiger partial charge >= 0.3 is 6.36 Å². The molecule has 0 aliphatic carbocycles. The number of hydrogen-bond donors (Lipinski definition) is 1. The van der Waals surface area contributed by atoms with Crippen LogP contribution in [0.1, 0.15) is 17.3 Å². The molecule has 0 bridgehead atoms. The molecule has 3 aromatic rings. The number of carbonyl (C=O) groups excluding carboxylic acids is 1. The van der Waals surface area contributed by atoms with E-state index in [9.17, 15) is 26.4 Å². The van der Waals surface area contributed by atoms with Gasteiger partial charge in [-0.3, -0.25) is 9.52 Å². The van der Waals surface area contributed by atoms with Crippen molar-refractivity contribution in [3.63, 3.8) is 0 Å². The Morgan fingerprint density at radius 1 is 1.12 bits per heavy atom. The second-order valence-electron chi connectivity index (χ2n) is 6.49. The first-order valence-corrected chi connectivity index (χ1v) is 11.6. The van der Waals surface area contributed by atoms with Crippen LogP contribution in [-0.4, -0.2) is 52.3 Å². The van der Waals surface area contributed by atoms with Crippen LogP contribution in [0.5, 0.6) is 5.75 Å². The number of benzene rings is 2. The second-order valence-corrected chi connectivity index (χ2v) is 9.55. The number of carbonyl (C=O) groups is 1. The Morgan fingerprint density at radius 3 is 2.31 bits per heavy atom. The predicted molar refractivity (Wildman–Crippen MR) is 110 cm³/mol. The van der Waals surface area contributed by atoms with Crippen molar-refractivity contribution in [1.82, 2.24) is 20.2 Å². The third-order valence-electron chi connectivity index (χ3n) is 3.88. The van der Waals surface area contributed by atoms with Crippen molar-refractivity contribution < 1.29 is 31.1 Å². The van der Waals surface area contributed by atoms with Gasteiger partial charge in [0.2, 0.25) is 15.2 Å². The highest BCUT2D eigenvalue weighted by Gasteiger charge is 2.31. The summed E-state index contributed by atoms with van der Waals surface area (Å²) in [6.07, 6.45) is -3.78. The third kappa shape index (κ3) is 6.43. The molecular weight excluding hydrogens is 471 g/mol. The van der Waals surface area contributed by atoms with E-state index in [0.29, 0.717) is 16.9 Å². The number of nitrogens with one attached hydrogen (secondary N) is 1. The summed E-state index contributed by atoms with van der Waals surface area (Å²) in [4.78, 5) is 12.7. The van der Waals surface area contributed by atoms with Crippen molar-refractivity contribution in [3.05, 3.63) is 54.1 Å². The molecule has 3 rings (SSSR count). The van der Waals surface area contributed by atoms with E-state index in [1.165, 1.54) is 41.1 Å². The number of rotatable bonds is 8. The summed E-state index contributed by atoms with van der Waals surface area (Å²) >= 11 is 1.06. The molecule has 0 aliphatic rings. The van der Waals surface area contributed by atoms with Crippen LogP contribution in [0.15, 0.2) is 53.7 Å². The predicted octanol–water partition coefficient (Wildman–Crippen LogP) is 3.30. The molecule has 170 valence electrons. The van der Waals surface area contributed by atoms with Crippen molar-refractivity contribution >= 4 is 33.3 Å². The molecule has 1 heterocycles. The Labute approximate surface area is 185 Å². The van der Waals surface area contributed by atoms with Crippen molar-refractivity contribution in [3.8, 4) is 11.4 Å². The lowest BCUT2D eigenvalue weighted by Gasteiger charge is -2.12. The van der Waals surface area contributed by atoms with Crippen LogP contribution in [0.4, 0.5) is 18.9 Å². The fraction of sp³-hybridized carbons (Fsp3) is 0.222. The standard InChI is InChI=1S/C18H16F3N5O4S2/c1-11(16(27)12-3-5-13(6-4-12)23-32(2,28)29)31-17-22-24-25-26(17)14-7-9-15(10-8-14)30-18(19,20)21/h3-11,23H,1-2H3. The summed E-state index contributed by atoms with van der Waals surface area (Å²) in [5.74, 6) is -0.634. The van der Waals surface area contributed by atoms with Crippen LogP contribution >= 0.6 is 11.8 Å². The van der Waals surface area contributed by atoms with Crippen molar-refractivity contribution in [2.75, 3.05) is 11.0 Å². The maximum Gasteiger partial charge on any atom is 0.573 e. The molecule has 0 radical (unpaired) electrons. The number of thioether (sulfide) groups is 1. The monoisotopic (exact) mass is 487 g/mol. The number of tetrazole rings is 1. The Hall–Kier alpha value is -3.13. The van der Waals surface area contributed by atoms with Gasteiger partial charge in [0.15, 0.2) is 5.78 Å². The molecule has 0 saturated heterocycles. The van der Waals surface area contributed by atoms with E-state index in [-0.39, 0.29) is 16.7 Å². The Morgan fingerprint density at radius 2 is 1.75 bits per heavy atom. The van der Waals surface area contributed by atoms with Gasteiger partial charge in [0, 0.05) is 11.3 Å². The molecule has 1 N–H and O–H groups in total. The van der Waals surface area contributed by atoms with Gasteiger partial charge in [-0.05, 0) is 65.9 Å². The quantitative estimate of drug-likeness (QED) is 0.380. The highest BCUT2D eigenvalue weighted by molar-refractivity contribution is 8.00. The largest absolute Gasteiger partial charge is 0.573 e. The van der Waals surface area contributed by atoms with E-state index in [4.69, 9.17) is 0 Å². The van der Waals surface area contributed by atoms with Gasteiger partial charge in [-0.1, -0.05) is 11.8 Å². The molecule has 0 saturated carbocycles. The highest BCUT2D eigenvalue weighted by atomic mass is 32.2. The normalized spacial score (nSPS) is 12.9. The minimum absolute atomic E-state index is 0.246. The zero-order chi connectivity index (χ0) is 23.5. The first kappa shape index (κ1) is 23.5. The number of alkyl halides is 3. The van der Waals surface area contributed by atoms with Crippen LogP contribution in [0.25, 0.3) is 5.69 Å². The number of halogens is 3. The SMILES string of the molecule is CC(Sc1nnnn1-c1ccc(OC(F)(F)F)cc1)C(=O)c1ccc(NS(C)(=O)=O)cc1. The van der Waals surface area contributed by atoms with Crippen molar-refractivity contribution in [2.24, 2.45) is 0 Å². The molecule has 0 amide bonds. The van der Waals surface area contributed by atoms with E-state index < -0.39 is 21.6 Å². The van der Waals surface area contributed by atoms with E-state index in [1.54, 1.807) is 6.92 Å².